The van der Waals surface area contributed by atoms with E-state index in [0.717, 1.165) is 18.3 Å². The van der Waals surface area contributed by atoms with E-state index in [9.17, 15) is 22.7 Å². The number of halogens is 4. The number of aromatic nitrogens is 4. The summed E-state index contributed by atoms with van der Waals surface area (Å²) in [6.07, 6.45) is -2.89. The molecule has 0 unspecified atom stereocenters. The van der Waals surface area contributed by atoms with Crippen LogP contribution in [0.4, 0.5) is 23.5 Å². The van der Waals surface area contributed by atoms with Gasteiger partial charge in [-0.25, -0.2) is 13.9 Å². The molecule has 0 saturated carbocycles. The molecule has 0 bridgehead atoms. The lowest BCUT2D eigenvalue weighted by Crippen LogP contribution is -2.42. The number of hydrogen-bond acceptors (Lipinski definition) is 7. The van der Waals surface area contributed by atoms with E-state index in [-0.39, 0.29) is 35.5 Å². The first kappa shape index (κ1) is 19.3. The zero-order chi connectivity index (χ0) is 20.6. The van der Waals surface area contributed by atoms with E-state index in [1.165, 1.54) is 16.8 Å². The predicted octanol–water partition coefficient (Wildman–Crippen LogP) is 2.39. The van der Waals surface area contributed by atoms with Gasteiger partial charge in [0, 0.05) is 12.7 Å². The average Bonchev–Trinajstić information content (AvgIpc) is 2.99. The summed E-state index contributed by atoms with van der Waals surface area (Å²) >= 11 is 0. The maximum absolute atomic E-state index is 14.3. The molecule has 1 aliphatic heterocycles. The number of hydrogen-bond donors (Lipinski definition) is 2. The summed E-state index contributed by atoms with van der Waals surface area (Å²) in [5, 5.41) is 17.2. The van der Waals surface area contributed by atoms with E-state index in [1.807, 2.05) is 0 Å². The molecule has 2 N–H and O–H groups in total. The van der Waals surface area contributed by atoms with E-state index >= 15 is 0 Å². The Morgan fingerprint density at radius 2 is 2.07 bits per heavy atom. The van der Waals surface area contributed by atoms with Gasteiger partial charge in [-0.05, 0) is 18.6 Å². The SMILES string of the molecule is O[C@@H]1COCC[C@H]1Nc1ncc2c(F)cc(-c3ccc(OC(F)(F)F)cn3)n2n1. The van der Waals surface area contributed by atoms with Crippen molar-refractivity contribution in [3.8, 4) is 17.1 Å². The molecule has 1 saturated heterocycles. The highest BCUT2D eigenvalue weighted by Crippen LogP contribution is 2.27. The second-order valence-corrected chi connectivity index (χ2v) is 6.37. The number of aliphatic hydroxyl groups excluding tert-OH is 1. The van der Waals surface area contributed by atoms with Gasteiger partial charge in [0.05, 0.1) is 42.5 Å². The molecule has 8 nitrogen and oxygen atoms in total. The molecule has 0 aromatic carbocycles. The van der Waals surface area contributed by atoms with Crippen LogP contribution in [-0.2, 0) is 4.74 Å². The topological polar surface area (TPSA) is 93.8 Å². The molecule has 12 heteroatoms. The van der Waals surface area contributed by atoms with Crippen LogP contribution in [0.25, 0.3) is 16.9 Å². The molecule has 0 amide bonds. The largest absolute Gasteiger partial charge is 0.573 e. The number of nitrogens with zero attached hydrogens (tertiary/aromatic N) is 4. The standard InChI is InChI=1S/C17H15F4N5O3/c18-10-5-13(11-2-1-9(6-22-11)29-17(19,20)21)26-14(10)7-23-16(25-26)24-12-3-4-28-8-15(12)27/h1-2,5-7,12,15,27H,3-4,8H2,(H,24,25)/t12-,15-/m1/s1. The Hall–Kier alpha value is -2.99. The summed E-state index contributed by atoms with van der Waals surface area (Å²) < 4.78 is 61.3. The first-order chi connectivity index (χ1) is 13.8. The van der Waals surface area contributed by atoms with Gasteiger partial charge < -0.3 is 19.9 Å². The zero-order valence-corrected chi connectivity index (χ0v) is 14.7. The number of alkyl halides is 3. The van der Waals surface area contributed by atoms with Crippen LogP contribution in [0.3, 0.4) is 0 Å². The van der Waals surface area contributed by atoms with Gasteiger partial charge >= 0.3 is 6.36 Å². The van der Waals surface area contributed by atoms with Crippen LogP contribution in [0.5, 0.6) is 5.75 Å². The Morgan fingerprint density at radius 3 is 2.76 bits per heavy atom. The van der Waals surface area contributed by atoms with Crippen LogP contribution in [0.2, 0.25) is 0 Å². The highest BCUT2D eigenvalue weighted by molar-refractivity contribution is 5.64. The molecule has 3 aromatic rings. The van der Waals surface area contributed by atoms with Gasteiger partial charge in [0.15, 0.2) is 5.82 Å². The van der Waals surface area contributed by atoms with Crippen molar-refractivity contribution in [2.75, 3.05) is 18.5 Å². The Labute approximate surface area is 161 Å². The normalized spacial score (nSPS) is 20.0. The van der Waals surface area contributed by atoms with Crippen LogP contribution >= 0.6 is 0 Å². The fourth-order valence-corrected chi connectivity index (χ4v) is 2.98. The summed E-state index contributed by atoms with van der Waals surface area (Å²) in [5.74, 6) is -0.958. The lowest BCUT2D eigenvalue weighted by molar-refractivity contribution is -0.274. The molecule has 2 atom stereocenters. The molecule has 1 fully saturated rings. The Kier molecular flexibility index (Phi) is 4.96. The highest BCUT2D eigenvalue weighted by Gasteiger charge is 2.31. The summed E-state index contributed by atoms with van der Waals surface area (Å²) in [7, 11) is 0. The monoisotopic (exact) mass is 413 g/mol. The Balaban J connectivity index is 1.64. The minimum absolute atomic E-state index is 0.0653. The van der Waals surface area contributed by atoms with Gasteiger partial charge in [0.2, 0.25) is 5.95 Å². The third kappa shape index (κ3) is 4.22. The summed E-state index contributed by atoms with van der Waals surface area (Å²) in [4.78, 5) is 7.96. The van der Waals surface area contributed by atoms with Crippen LogP contribution in [0.1, 0.15) is 6.42 Å². The lowest BCUT2D eigenvalue weighted by Gasteiger charge is -2.28. The minimum Gasteiger partial charge on any atom is -0.404 e. The second-order valence-electron chi connectivity index (χ2n) is 6.37. The molecule has 3 aromatic heterocycles. The number of aliphatic hydroxyl groups is 1. The first-order valence-electron chi connectivity index (χ1n) is 8.59. The van der Waals surface area contributed by atoms with Gasteiger partial charge in [-0.15, -0.1) is 18.3 Å². The number of ether oxygens (including phenoxy) is 2. The average molecular weight is 413 g/mol. The summed E-state index contributed by atoms with van der Waals surface area (Å²) in [5.41, 5.74) is 0.471. The molecule has 1 aliphatic rings. The summed E-state index contributed by atoms with van der Waals surface area (Å²) in [6, 6.07) is 3.16. The van der Waals surface area contributed by atoms with Crippen molar-refractivity contribution in [1.82, 2.24) is 19.6 Å². The lowest BCUT2D eigenvalue weighted by atomic mass is 10.1. The van der Waals surface area contributed by atoms with Crippen molar-refractivity contribution in [3.05, 3.63) is 36.4 Å². The van der Waals surface area contributed by atoms with E-state index in [0.29, 0.717) is 13.0 Å². The maximum Gasteiger partial charge on any atom is 0.573 e. The van der Waals surface area contributed by atoms with Gasteiger partial charge in [0.1, 0.15) is 11.3 Å². The fourth-order valence-electron chi connectivity index (χ4n) is 2.98. The van der Waals surface area contributed by atoms with Crippen LogP contribution in [0.15, 0.2) is 30.6 Å². The second kappa shape index (κ2) is 7.44. The molecule has 154 valence electrons. The van der Waals surface area contributed by atoms with Crippen molar-refractivity contribution < 1.29 is 32.1 Å². The van der Waals surface area contributed by atoms with Crippen molar-refractivity contribution >= 4 is 11.5 Å². The van der Waals surface area contributed by atoms with Crippen molar-refractivity contribution in [3.63, 3.8) is 0 Å². The van der Waals surface area contributed by atoms with Gasteiger partial charge in [-0.1, -0.05) is 0 Å². The zero-order valence-electron chi connectivity index (χ0n) is 14.7. The van der Waals surface area contributed by atoms with Crippen molar-refractivity contribution in [2.24, 2.45) is 0 Å². The molecule has 0 spiro atoms. The molecule has 29 heavy (non-hydrogen) atoms. The van der Waals surface area contributed by atoms with Gasteiger partial charge in [0.25, 0.3) is 0 Å². The Morgan fingerprint density at radius 1 is 1.24 bits per heavy atom. The summed E-state index contributed by atoms with van der Waals surface area (Å²) in [6.45, 7) is 0.649. The quantitative estimate of drug-likeness (QED) is 0.635. The van der Waals surface area contributed by atoms with E-state index < -0.39 is 24.0 Å². The highest BCUT2D eigenvalue weighted by atomic mass is 19.4. The van der Waals surface area contributed by atoms with Crippen LogP contribution in [0, 0.1) is 5.82 Å². The number of anilines is 1. The predicted molar refractivity (Wildman–Crippen MR) is 91.7 cm³/mol. The number of rotatable bonds is 4. The smallest absolute Gasteiger partial charge is 0.404 e. The van der Waals surface area contributed by atoms with E-state index in [1.54, 1.807) is 0 Å². The third-order valence-electron chi connectivity index (χ3n) is 4.34. The fraction of sp³-hybridized carbons (Fsp3) is 0.353. The van der Waals surface area contributed by atoms with Crippen molar-refractivity contribution in [1.29, 1.82) is 0 Å². The van der Waals surface area contributed by atoms with E-state index in [2.05, 4.69) is 25.1 Å². The van der Waals surface area contributed by atoms with Crippen LogP contribution in [-0.4, -0.2) is 56.4 Å². The molecular formula is C17H15F4N5O3. The number of nitrogens with one attached hydrogen (secondary N) is 1. The Bertz CT molecular complexity index is 1010. The van der Waals surface area contributed by atoms with Crippen LogP contribution < -0.4 is 10.1 Å². The molecule has 4 heterocycles. The van der Waals surface area contributed by atoms with Gasteiger partial charge in [-0.3, -0.25) is 4.98 Å². The number of pyridine rings is 1. The molecule has 0 aliphatic carbocycles. The minimum atomic E-state index is -4.83. The molecular weight excluding hydrogens is 398 g/mol. The molecule has 0 radical (unpaired) electrons. The maximum atomic E-state index is 14.3. The first-order valence-corrected chi connectivity index (χ1v) is 8.59. The van der Waals surface area contributed by atoms with Gasteiger partial charge in [-0.2, -0.15) is 0 Å². The third-order valence-corrected chi connectivity index (χ3v) is 4.34. The number of fused-ring (bicyclic) bond motifs is 1. The van der Waals surface area contributed by atoms with Crippen molar-refractivity contribution in [2.45, 2.75) is 24.9 Å². The molecule has 4 rings (SSSR count). The van der Waals surface area contributed by atoms with E-state index in [4.69, 9.17) is 4.74 Å².